The van der Waals surface area contributed by atoms with E-state index < -0.39 is 11.7 Å². The van der Waals surface area contributed by atoms with Crippen molar-refractivity contribution in [2.24, 2.45) is 0 Å². The Balaban J connectivity index is 1.89. The Bertz CT molecular complexity index is 712. The van der Waals surface area contributed by atoms with Crippen molar-refractivity contribution in [1.82, 2.24) is 5.32 Å². The number of halogens is 1. The van der Waals surface area contributed by atoms with Crippen LogP contribution in [0.4, 0.5) is 4.39 Å². The van der Waals surface area contributed by atoms with Gasteiger partial charge in [-0.3, -0.25) is 4.79 Å². The average Bonchev–Trinajstić information content (AvgIpc) is 2.46. The van der Waals surface area contributed by atoms with Gasteiger partial charge < -0.3 is 10.1 Å². The number of ether oxygens (including phenoxy) is 1. The number of hydrogen-bond acceptors (Lipinski definition) is 2. The van der Waals surface area contributed by atoms with E-state index in [1.54, 1.807) is 12.1 Å². The van der Waals surface area contributed by atoms with Crippen molar-refractivity contribution in [3.63, 3.8) is 0 Å². The third-order valence-corrected chi connectivity index (χ3v) is 3.80. The summed E-state index contributed by atoms with van der Waals surface area (Å²) >= 11 is 0. The highest BCUT2D eigenvalue weighted by molar-refractivity contribution is 5.94. The Morgan fingerprint density at radius 1 is 1.18 bits per heavy atom. The Labute approximate surface area is 129 Å². The summed E-state index contributed by atoms with van der Waals surface area (Å²) in [6.07, 6.45) is 0.629. The van der Waals surface area contributed by atoms with Crippen LogP contribution in [-0.4, -0.2) is 11.5 Å². The van der Waals surface area contributed by atoms with E-state index in [1.807, 2.05) is 38.1 Å². The Morgan fingerprint density at radius 2 is 1.86 bits per heavy atom. The van der Waals surface area contributed by atoms with Gasteiger partial charge in [-0.1, -0.05) is 30.3 Å². The molecule has 1 amide bonds. The molecule has 2 aromatic carbocycles. The standard InChI is InChI=1S/C18H18FNO2/c1-18(2)11-15(13-8-4-6-10-16(13)22-18)20-17(21)12-7-3-5-9-14(12)19/h3-10,15H,11H2,1-2H3,(H,20,21). The van der Waals surface area contributed by atoms with Crippen LogP contribution in [-0.2, 0) is 0 Å². The Morgan fingerprint density at radius 3 is 2.64 bits per heavy atom. The predicted octanol–water partition coefficient (Wildman–Crippen LogP) is 3.86. The van der Waals surface area contributed by atoms with E-state index in [0.717, 1.165) is 11.3 Å². The third kappa shape index (κ3) is 2.82. The molecule has 1 aliphatic rings. The van der Waals surface area contributed by atoms with Crippen LogP contribution in [0, 0.1) is 5.82 Å². The fraction of sp³-hybridized carbons (Fsp3) is 0.278. The quantitative estimate of drug-likeness (QED) is 0.914. The highest BCUT2D eigenvalue weighted by Crippen LogP contribution is 2.39. The normalized spacial score (nSPS) is 19.0. The molecule has 0 saturated carbocycles. The fourth-order valence-corrected chi connectivity index (χ4v) is 2.81. The summed E-state index contributed by atoms with van der Waals surface area (Å²) in [5.41, 5.74) is 0.595. The first kappa shape index (κ1) is 14.6. The van der Waals surface area contributed by atoms with Gasteiger partial charge in [0.05, 0.1) is 11.6 Å². The molecule has 3 nitrogen and oxygen atoms in total. The number of fused-ring (bicyclic) bond motifs is 1. The zero-order valence-electron chi connectivity index (χ0n) is 12.6. The topological polar surface area (TPSA) is 38.3 Å². The van der Waals surface area contributed by atoms with Crippen LogP contribution in [0.15, 0.2) is 48.5 Å². The van der Waals surface area contributed by atoms with Crippen molar-refractivity contribution in [2.75, 3.05) is 0 Å². The van der Waals surface area contributed by atoms with Crippen molar-refractivity contribution in [1.29, 1.82) is 0 Å². The summed E-state index contributed by atoms with van der Waals surface area (Å²) < 4.78 is 19.7. The zero-order chi connectivity index (χ0) is 15.7. The van der Waals surface area contributed by atoms with Crippen LogP contribution in [0.1, 0.15) is 42.2 Å². The van der Waals surface area contributed by atoms with Gasteiger partial charge in [0, 0.05) is 12.0 Å². The Kier molecular flexibility index (Phi) is 3.61. The van der Waals surface area contributed by atoms with E-state index >= 15 is 0 Å². The maximum Gasteiger partial charge on any atom is 0.254 e. The summed E-state index contributed by atoms with van der Waals surface area (Å²) in [5.74, 6) is -0.159. The molecule has 0 radical (unpaired) electrons. The molecule has 0 spiro atoms. The number of hydrogen-bond donors (Lipinski definition) is 1. The number of carbonyl (C=O) groups is 1. The molecular weight excluding hydrogens is 281 g/mol. The lowest BCUT2D eigenvalue weighted by Crippen LogP contribution is -2.41. The maximum absolute atomic E-state index is 13.8. The molecular formula is C18H18FNO2. The van der Waals surface area contributed by atoms with Gasteiger partial charge in [-0.2, -0.15) is 0 Å². The second kappa shape index (κ2) is 5.44. The van der Waals surface area contributed by atoms with Crippen molar-refractivity contribution < 1.29 is 13.9 Å². The minimum Gasteiger partial charge on any atom is -0.487 e. The molecule has 0 fully saturated rings. The molecule has 1 heterocycles. The van der Waals surface area contributed by atoms with Crippen molar-refractivity contribution >= 4 is 5.91 Å². The third-order valence-electron chi connectivity index (χ3n) is 3.80. The molecule has 3 rings (SSSR count). The molecule has 4 heteroatoms. The lowest BCUT2D eigenvalue weighted by atomic mass is 9.89. The first-order valence-electron chi connectivity index (χ1n) is 7.30. The van der Waals surface area contributed by atoms with Gasteiger partial charge in [0.2, 0.25) is 0 Å². The second-order valence-electron chi connectivity index (χ2n) is 6.11. The van der Waals surface area contributed by atoms with Gasteiger partial charge in [0.15, 0.2) is 0 Å². The minimum atomic E-state index is -0.514. The summed E-state index contributed by atoms with van der Waals surface area (Å²) in [6, 6.07) is 13.4. The molecule has 114 valence electrons. The van der Waals surface area contributed by atoms with E-state index in [2.05, 4.69) is 5.32 Å². The summed E-state index contributed by atoms with van der Waals surface area (Å²) in [6.45, 7) is 3.95. The monoisotopic (exact) mass is 299 g/mol. The van der Waals surface area contributed by atoms with Crippen LogP contribution in [0.3, 0.4) is 0 Å². The molecule has 1 unspecified atom stereocenters. The van der Waals surface area contributed by atoms with E-state index in [-0.39, 0.29) is 17.2 Å². The maximum atomic E-state index is 13.8. The molecule has 0 aromatic heterocycles. The minimum absolute atomic E-state index is 0.0595. The van der Waals surface area contributed by atoms with Gasteiger partial charge >= 0.3 is 0 Å². The molecule has 1 N–H and O–H groups in total. The van der Waals surface area contributed by atoms with Gasteiger partial charge in [-0.15, -0.1) is 0 Å². The van der Waals surface area contributed by atoms with Crippen molar-refractivity contribution in [3.8, 4) is 5.75 Å². The summed E-state index contributed by atoms with van der Waals surface area (Å²) in [5, 5.41) is 2.93. The van der Waals surface area contributed by atoms with Crippen LogP contribution in [0.5, 0.6) is 5.75 Å². The van der Waals surface area contributed by atoms with E-state index in [4.69, 9.17) is 4.74 Å². The number of carbonyl (C=O) groups excluding carboxylic acids is 1. The number of amides is 1. The molecule has 2 aromatic rings. The van der Waals surface area contributed by atoms with Gasteiger partial charge in [0.1, 0.15) is 17.2 Å². The number of para-hydroxylation sites is 1. The van der Waals surface area contributed by atoms with Crippen LogP contribution in [0.25, 0.3) is 0 Å². The highest BCUT2D eigenvalue weighted by Gasteiger charge is 2.34. The number of benzene rings is 2. The number of nitrogens with one attached hydrogen (secondary N) is 1. The van der Waals surface area contributed by atoms with E-state index in [9.17, 15) is 9.18 Å². The smallest absolute Gasteiger partial charge is 0.254 e. The largest absolute Gasteiger partial charge is 0.487 e. The van der Waals surface area contributed by atoms with E-state index in [1.165, 1.54) is 12.1 Å². The molecule has 0 saturated heterocycles. The van der Waals surface area contributed by atoms with Crippen LogP contribution >= 0.6 is 0 Å². The predicted molar refractivity (Wildman–Crippen MR) is 82.4 cm³/mol. The Hall–Kier alpha value is -2.36. The second-order valence-corrected chi connectivity index (χ2v) is 6.11. The lowest BCUT2D eigenvalue weighted by molar-refractivity contribution is 0.0618. The molecule has 1 atom stereocenters. The van der Waals surface area contributed by atoms with Crippen LogP contribution in [0.2, 0.25) is 0 Å². The summed E-state index contributed by atoms with van der Waals surface area (Å²) in [4.78, 5) is 12.4. The first-order chi connectivity index (χ1) is 10.5. The SMILES string of the molecule is CC1(C)CC(NC(=O)c2ccccc2F)c2ccccc2O1. The summed E-state index contributed by atoms with van der Waals surface area (Å²) in [7, 11) is 0. The molecule has 0 aliphatic carbocycles. The highest BCUT2D eigenvalue weighted by atomic mass is 19.1. The lowest BCUT2D eigenvalue weighted by Gasteiger charge is -2.37. The molecule has 22 heavy (non-hydrogen) atoms. The molecule has 0 bridgehead atoms. The zero-order valence-corrected chi connectivity index (χ0v) is 12.6. The van der Waals surface area contributed by atoms with E-state index in [0.29, 0.717) is 6.42 Å². The average molecular weight is 299 g/mol. The first-order valence-corrected chi connectivity index (χ1v) is 7.30. The van der Waals surface area contributed by atoms with Gasteiger partial charge in [0.25, 0.3) is 5.91 Å². The van der Waals surface area contributed by atoms with Crippen molar-refractivity contribution in [3.05, 3.63) is 65.5 Å². The van der Waals surface area contributed by atoms with Gasteiger partial charge in [-0.25, -0.2) is 4.39 Å². The number of rotatable bonds is 2. The van der Waals surface area contributed by atoms with Crippen molar-refractivity contribution in [2.45, 2.75) is 31.9 Å². The molecule has 1 aliphatic heterocycles. The van der Waals surface area contributed by atoms with Gasteiger partial charge in [-0.05, 0) is 32.0 Å². The fourth-order valence-electron chi connectivity index (χ4n) is 2.81. The van der Waals surface area contributed by atoms with Crippen LogP contribution < -0.4 is 10.1 Å².